The minimum Gasteiger partial charge on any atom is -0.362 e. The van der Waals surface area contributed by atoms with Crippen LogP contribution in [0.3, 0.4) is 0 Å². The van der Waals surface area contributed by atoms with Crippen molar-refractivity contribution in [1.29, 1.82) is 0 Å². The minimum absolute atomic E-state index is 0.0375. The maximum absolute atomic E-state index is 13.6. The first-order valence-corrected chi connectivity index (χ1v) is 9.07. The van der Waals surface area contributed by atoms with Crippen LogP contribution >= 0.6 is 0 Å². The minimum atomic E-state index is -5.02. The maximum Gasteiger partial charge on any atom is 0.438 e. The summed E-state index contributed by atoms with van der Waals surface area (Å²) in [5.74, 6) is -0.871. The van der Waals surface area contributed by atoms with Crippen LogP contribution in [0, 0.1) is 0 Å². The first kappa shape index (κ1) is 20.1. The molecule has 28 heavy (non-hydrogen) atoms. The third-order valence-corrected chi connectivity index (χ3v) is 4.84. The van der Waals surface area contributed by atoms with Crippen LogP contribution in [0.15, 0.2) is 59.7 Å². The van der Waals surface area contributed by atoms with Gasteiger partial charge in [0.2, 0.25) is 5.91 Å². The molecule has 0 saturated heterocycles. The van der Waals surface area contributed by atoms with E-state index in [-0.39, 0.29) is 23.6 Å². The Hall–Kier alpha value is -2.67. The lowest BCUT2D eigenvalue weighted by Crippen LogP contribution is -2.56. The Bertz CT molecular complexity index is 863. The molecule has 1 atom stereocenters. The monoisotopic (exact) mass is 390 g/mol. The zero-order valence-electron chi connectivity index (χ0n) is 15.4. The molecule has 0 spiro atoms. The molecule has 0 bridgehead atoms. The van der Waals surface area contributed by atoms with Crippen LogP contribution < -0.4 is 0 Å². The Balaban J connectivity index is 1.85. The van der Waals surface area contributed by atoms with E-state index in [9.17, 15) is 23.1 Å². The Labute approximate surface area is 161 Å². The highest BCUT2D eigenvalue weighted by Gasteiger charge is 2.63. The summed E-state index contributed by atoms with van der Waals surface area (Å²) in [5, 5.41) is 14.4. The van der Waals surface area contributed by atoms with E-state index in [1.165, 1.54) is 0 Å². The van der Waals surface area contributed by atoms with Crippen molar-refractivity contribution in [2.75, 3.05) is 0 Å². The fourth-order valence-electron chi connectivity index (χ4n) is 3.12. The molecular weight excluding hydrogens is 369 g/mol. The van der Waals surface area contributed by atoms with Gasteiger partial charge in [0, 0.05) is 6.42 Å². The first-order valence-electron chi connectivity index (χ1n) is 9.07. The Kier molecular flexibility index (Phi) is 5.56. The molecule has 0 aromatic heterocycles. The van der Waals surface area contributed by atoms with E-state index in [1.807, 2.05) is 13.0 Å². The molecule has 0 unspecified atom stereocenters. The Morgan fingerprint density at radius 1 is 1.11 bits per heavy atom. The molecule has 0 fully saturated rings. The summed E-state index contributed by atoms with van der Waals surface area (Å²) in [4.78, 5) is 12.5. The number of aryl methyl sites for hydroxylation is 2. The van der Waals surface area contributed by atoms with Crippen molar-refractivity contribution in [3.05, 3.63) is 71.3 Å². The molecule has 7 heteroatoms. The number of carbonyl (C=O) groups excluding carboxylic acids is 1. The van der Waals surface area contributed by atoms with Gasteiger partial charge in [-0.2, -0.15) is 23.3 Å². The fourth-order valence-corrected chi connectivity index (χ4v) is 3.12. The largest absolute Gasteiger partial charge is 0.438 e. The molecule has 4 nitrogen and oxygen atoms in total. The second-order valence-corrected chi connectivity index (χ2v) is 6.78. The van der Waals surface area contributed by atoms with Crippen molar-refractivity contribution >= 4 is 11.6 Å². The predicted octanol–water partition coefficient (Wildman–Crippen LogP) is 4.07. The van der Waals surface area contributed by atoms with E-state index in [1.54, 1.807) is 48.5 Å². The lowest BCUT2D eigenvalue weighted by Gasteiger charge is -2.32. The van der Waals surface area contributed by atoms with Crippen LogP contribution in [0.4, 0.5) is 13.2 Å². The number of aliphatic hydroxyl groups is 1. The van der Waals surface area contributed by atoms with Crippen molar-refractivity contribution < 1.29 is 23.1 Å². The van der Waals surface area contributed by atoms with E-state index < -0.39 is 24.2 Å². The summed E-state index contributed by atoms with van der Waals surface area (Å²) in [6, 6.07) is 15.9. The number of nitrogens with zero attached hydrogens (tertiary/aromatic N) is 2. The molecule has 3 rings (SSSR count). The van der Waals surface area contributed by atoms with E-state index in [0.29, 0.717) is 5.56 Å². The summed E-state index contributed by atoms with van der Waals surface area (Å²) in [5.41, 5.74) is -0.984. The van der Waals surface area contributed by atoms with Gasteiger partial charge in [-0.3, -0.25) is 4.79 Å². The van der Waals surface area contributed by atoms with Crippen LogP contribution in [0.5, 0.6) is 0 Å². The highest BCUT2D eigenvalue weighted by Crippen LogP contribution is 2.41. The number of hydrazone groups is 1. The maximum atomic E-state index is 13.6. The summed E-state index contributed by atoms with van der Waals surface area (Å²) in [7, 11) is 0. The molecule has 148 valence electrons. The third kappa shape index (κ3) is 3.94. The number of alkyl halides is 3. The lowest BCUT2D eigenvalue weighted by molar-refractivity contribution is -0.302. The third-order valence-electron chi connectivity index (χ3n) is 4.84. The van der Waals surface area contributed by atoms with Gasteiger partial charge in [0.15, 0.2) is 0 Å². The van der Waals surface area contributed by atoms with Crippen LogP contribution in [0.1, 0.15) is 36.5 Å². The van der Waals surface area contributed by atoms with Gasteiger partial charge in [-0.15, -0.1) is 0 Å². The second kappa shape index (κ2) is 7.75. The SMILES string of the molecule is CCc1ccc(C2=NN(C(=O)CCc3ccccc3)[C@](O)(C(F)(F)F)C2)cc1. The van der Waals surface area contributed by atoms with Gasteiger partial charge in [0.25, 0.3) is 5.72 Å². The Morgan fingerprint density at radius 3 is 2.32 bits per heavy atom. The van der Waals surface area contributed by atoms with Crippen molar-refractivity contribution in [2.24, 2.45) is 5.10 Å². The Morgan fingerprint density at radius 2 is 1.75 bits per heavy atom. The molecule has 0 aliphatic carbocycles. The molecule has 2 aromatic carbocycles. The molecule has 1 aliphatic rings. The molecule has 2 aromatic rings. The molecule has 1 heterocycles. The highest BCUT2D eigenvalue weighted by atomic mass is 19.4. The number of amides is 1. The zero-order chi connectivity index (χ0) is 20.4. The van der Waals surface area contributed by atoms with Crippen LogP contribution in [0.2, 0.25) is 0 Å². The zero-order valence-corrected chi connectivity index (χ0v) is 15.4. The number of hydrogen-bond acceptors (Lipinski definition) is 3. The van der Waals surface area contributed by atoms with Gasteiger partial charge in [0.05, 0.1) is 12.1 Å². The van der Waals surface area contributed by atoms with E-state index in [4.69, 9.17) is 0 Å². The van der Waals surface area contributed by atoms with E-state index in [2.05, 4.69) is 5.10 Å². The van der Waals surface area contributed by atoms with Crippen LogP contribution in [0.25, 0.3) is 0 Å². The second-order valence-electron chi connectivity index (χ2n) is 6.78. The number of benzene rings is 2. The number of rotatable bonds is 5. The van der Waals surface area contributed by atoms with Crippen molar-refractivity contribution in [1.82, 2.24) is 5.01 Å². The summed E-state index contributed by atoms with van der Waals surface area (Å²) in [6.07, 6.45) is -4.94. The molecular formula is C21H21F3N2O2. The topological polar surface area (TPSA) is 52.9 Å². The average molecular weight is 390 g/mol. The van der Waals surface area contributed by atoms with Gasteiger partial charge in [0.1, 0.15) is 0 Å². The van der Waals surface area contributed by atoms with Gasteiger partial charge in [-0.1, -0.05) is 61.5 Å². The van der Waals surface area contributed by atoms with E-state index >= 15 is 0 Å². The van der Waals surface area contributed by atoms with Gasteiger partial charge in [-0.05, 0) is 29.5 Å². The molecule has 0 saturated carbocycles. The van der Waals surface area contributed by atoms with Crippen LogP contribution in [-0.4, -0.2) is 33.6 Å². The van der Waals surface area contributed by atoms with Crippen LogP contribution in [-0.2, 0) is 17.6 Å². The fraction of sp³-hybridized carbons (Fsp3) is 0.333. The van der Waals surface area contributed by atoms with Gasteiger partial charge < -0.3 is 5.11 Å². The molecule has 1 aliphatic heterocycles. The molecule has 1 N–H and O–H groups in total. The van der Waals surface area contributed by atoms with Gasteiger partial charge >= 0.3 is 6.18 Å². The normalized spacial score (nSPS) is 19.6. The number of hydrogen-bond donors (Lipinski definition) is 1. The van der Waals surface area contributed by atoms with Crippen molar-refractivity contribution in [3.8, 4) is 0 Å². The smallest absolute Gasteiger partial charge is 0.362 e. The lowest BCUT2D eigenvalue weighted by atomic mass is 9.99. The van der Waals surface area contributed by atoms with Crippen molar-refractivity contribution in [2.45, 2.75) is 44.5 Å². The van der Waals surface area contributed by atoms with Crippen molar-refractivity contribution in [3.63, 3.8) is 0 Å². The number of halogens is 3. The van der Waals surface area contributed by atoms with Gasteiger partial charge in [-0.25, -0.2) is 0 Å². The first-order chi connectivity index (χ1) is 13.2. The molecule has 1 amide bonds. The summed E-state index contributed by atoms with van der Waals surface area (Å²) < 4.78 is 40.8. The predicted molar refractivity (Wildman–Crippen MR) is 99.6 cm³/mol. The van der Waals surface area contributed by atoms with E-state index in [0.717, 1.165) is 17.5 Å². The number of carbonyl (C=O) groups is 1. The summed E-state index contributed by atoms with van der Waals surface area (Å²) in [6.45, 7) is 1.97. The standard InChI is InChI=1S/C21H21F3N2O2/c1-2-15-8-11-17(12-9-15)18-14-20(28,21(22,23)24)26(25-18)19(27)13-10-16-6-4-3-5-7-16/h3-9,11-12,28H,2,10,13-14H2,1H3/t20-/m1/s1. The summed E-state index contributed by atoms with van der Waals surface area (Å²) >= 11 is 0. The highest BCUT2D eigenvalue weighted by molar-refractivity contribution is 6.03. The quantitative estimate of drug-likeness (QED) is 0.837. The average Bonchev–Trinajstić information content (AvgIpc) is 3.06. The molecule has 0 radical (unpaired) electrons.